The Morgan fingerprint density at radius 2 is 1.74 bits per heavy atom. The number of ether oxygens (including phenoxy) is 2. The zero-order valence-electron chi connectivity index (χ0n) is 14.6. The predicted octanol–water partition coefficient (Wildman–Crippen LogP) is 4.51. The molecular weight excluding hydrogens is 365 g/mol. The monoisotopic (exact) mass is 383 g/mol. The number of fused-ring (bicyclic) bond motifs is 1. The molecule has 4 nitrogen and oxygen atoms in total. The van der Waals surface area contributed by atoms with Gasteiger partial charge in [0.15, 0.2) is 0 Å². The molecule has 27 heavy (non-hydrogen) atoms. The molecule has 1 aliphatic heterocycles. The average molecular weight is 383 g/mol. The van der Waals surface area contributed by atoms with E-state index in [1.165, 1.54) is 12.1 Å². The third-order valence-corrected chi connectivity index (χ3v) is 5.99. The highest BCUT2D eigenvalue weighted by Crippen LogP contribution is 2.39. The van der Waals surface area contributed by atoms with E-state index in [0.29, 0.717) is 10.6 Å². The summed E-state index contributed by atoms with van der Waals surface area (Å²) in [7, 11) is 0.253. The molecule has 0 radical (unpaired) electrons. The van der Waals surface area contributed by atoms with Gasteiger partial charge in [-0.2, -0.15) is 0 Å². The lowest BCUT2D eigenvalue weighted by Crippen LogP contribution is -2.31. The van der Waals surface area contributed by atoms with Crippen molar-refractivity contribution in [3.05, 3.63) is 84.2 Å². The molecule has 4 rings (SSSR count). The van der Waals surface area contributed by atoms with Gasteiger partial charge in [0.1, 0.15) is 34.2 Å². The molecule has 3 aromatic carbocycles. The Kier molecular flexibility index (Phi) is 4.81. The summed E-state index contributed by atoms with van der Waals surface area (Å²) in [5.74, 6) is 1.04. The Balaban J connectivity index is 1.68. The van der Waals surface area contributed by atoms with E-state index in [-0.39, 0.29) is 5.82 Å². The number of benzene rings is 3. The molecule has 3 aromatic rings. The normalized spacial score (nSPS) is 19.0. The standard InChI is InChI=1S/C21H18FNO3S/c1-25-17-12-10-16(11-13-17)23-20(14-6-8-15(22)9-7-14)21-26-18-4-2-3-5-19(18)27(21)24/h2-13,20-21,23H,1H3/t20-,21-,27-/m0/s1. The summed E-state index contributed by atoms with van der Waals surface area (Å²) >= 11 is 0. The van der Waals surface area contributed by atoms with Gasteiger partial charge >= 0.3 is 0 Å². The van der Waals surface area contributed by atoms with E-state index < -0.39 is 22.3 Å². The maximum Gasteiger partial charge on any atom is 0.201 e. The fourth-order valence-electron chi connectivity index (χ4n) is 3.04. The van der Waals surface area contributed by atoms with E-state index >= 15 is 0 Å². The van der Waals surface area contributed by atoms with E-state index in [9.17, 15) is 8.60 Å². The first-order chi connectivity index (χ1) is 13.2. The number of anilines is 1. The largest absolute Gasteiger partial charge is 0.497 e. The molecule has 1 N–H and O–H groups in total. The van der Waals surface area contributed by atoms with Crippen molar-refractivity contribution in [2.24, 2.45) is 0 Å². The Morgan fingerprint density at radius 1 is 1.04 bits per heavy atom. The van der Waals surface area contributed by atoms with Crippen LogP contribution in [-0.4, -0.2) is 16.8 Å². The first-order valence-electron chi connectivity index (χ1n) is 8.48. The zero-order chi connectivity index (χ0) is 18.8. The maximum absolute atomic E-state index is 13.4. The molecule has 0 unspecified atom stereocenters. The molecule has 6 heteroatoms. The minimum atomic E-state index is -1.35. The smallest absolute Gasteiger partial charge is 0.201 e. The molecule has 1 aliphatic rings. The quantitative estimate of drug-likeness (QED) is 0.704. The van der Waals surface area contributed by atoms with Crippen LogP contribution >= 0.6 is 0 Å². The van der Waals surface area contributed by atoms with Gasteiger partial charge in [0.2, 0.25) is 5.44 Å². The summed E-state index contributed by atoms with van der Waals surface area (Å²) < 4.78 is 37.6. The lowest BCUT2D eigenvalue weighted by Gasteiger charge is -2.25. The number of hydrogen-bond acceptors (Lipinski definition) is 4. The molecule has 0 saturated heterocycles. The lowest BCUT2D eigenvalue weighted by molar-refractivity contribution is 0.267. The third-order valence-electron chi connectivity index (χ3n) is 4.43. The molecule has 0 bridgehead atoms. The van der Waals surface area contributed by atoms with Crippen molar-refractivity contribution in [1.82, 2.24) is 0 Å². The number of methoxy groups -OCH3 is 1. The highest BCUT2D eigenvalue weighted by Gasteiger charge is 2.38. The van der Waals surface area contributed by atoms with Gasteiger partial charge in [-0.3, -0.25) is 4.21 Å². The summed E-state index contributed by atoms with van der Waals surface area (Å²) in [6.07, 6.45) is 0. The lowest BCUT2D eigenvalue weighted by atomic mass is 10.1. The van der Waals surface area contributed by atoms with E-state index in [1.54, 1.807) is 25.3 Å². The van der Waals surface area contributed by atoms with Crippen LogP contribution < -0.4 is 14.8 Å². The van der Waals surface area contributed by atoms with Crippen molar-refractivity contribution < 1.29 is 18.1 Å². The van der Waals surface area contributed by atoms with E-state index in [0.717, 1.165) is 17.0 Å². The molecule has 0 amide bonds. The van der Waals surface area contributed by atoms with Crippen LogP contribution in [0.2, 0.25) is 0 Å². The van der Waals surface area contributed by atoms with Crippen LogP contribution in [0.3, 0.4) is 0 Å². The summed E-state index contributed by atoms with van der Waals surface area (Å²) in [4.78, 5) is 0.672. The Morgan fingerprint density at radius 3 is 2.41 bits per heavy atom. The van der Waals surface area contributed by atoms with Gasteiger partial charge in [0.05, 0.1) is 12.0 Å². The summed E-state index contributed by atoms with van der Waals surface area (Å²) in [5, 5.41) is 3.38. The second-order valence-electron chi connectivity index (χ2n) is 6.13. The van der Waals surface area contributed by atoms with Crippen LogP contribution in [0.25, 0.3) is 0 Å². The molecule has 0 fully saturated rings. The van der Waals surface area contributed by atoms with Gasteiger partial charge in [-0.25, -0.2) is 4.39 Å². The molecule has 3 atom stereocenters. The van der Waals surface area contributed by atoms with Crippen LogP contribution in [-0.2, 0) is 10.8 Å². The highest BCUT2D eigenvalue weighted by atomic mass is 32.2. The van der Waals surface area contributed by atoms with Crippen molar-refractivity contribution in [2.75, 3.05) is 12.4 Å². The van der Waals surface area contributed by atoms with Gasteiger partial charge in [-0.15, -0.1) is 0 Å². The van der Waals surface area contributed by atoms with Crippen LogP contribution in [0.5, 0.6) is 11.5 Å². The van der Waals surface area contributed by atoms with E-state index in [1.807, 2.05) is 42.5 Å². The first-order valence-corrected chi connectivity index (χ1v) is 9.69. The number of halogens is 1. The first kappa shape index (κ1) is 17.5. The van der Waals surface area contributed by atoms with Crippen LogP contribution in [0, 0.1) is 5.82 Å². The highest BCUT2D eigenvalue weighted by molar-refractivity contribution is 7.86. The summed E-state index contributed by atoms with van der Waals surface area (Å²) in [5.41, 5.74) is 0.981. The van der Waals surface area contributed by atoms with Gasteiger partial charge in [-0.05, 0) is 54.1 Å². The Labute approximate surface area is 159 Å². The van der Waals surface area contributed by atoms with Gasteiger partial charge in [-0.1, -0.05) is 24.3 Å². The van der Waals surface area contributed by atoms with Gasteiger partial charge in [0.25, 0.3) is 0 Å². The van der Waals surface area contributed by atoms with Gasteiger partial charge in [0, 0.05) is 5.69 Å². The Bertz CT molecular complexity index is 960. The van der Waals surface area contributed by atoms with Crippen LogP contribution in [0.1, 0.15) is 11.6 Å². The molecule has 0 aliphatic carbocycles. The number of rotatable bonds is 5. The van der Waals surface area contributed by atoms with E-state index in [4.69, 9.17) is 9.47 Å². The average Bonchev–Trinajstić information content (AvgIpc) is 3.04. The number of para-hydroxylation sites is 1. The molecule has 1 heterocycles. The predicted molar refractivity (Wildman–Crippen MR) is 103 cm³/mol. The van der Waals surface area contributed by atoms with Crippen molar-refractivity contribution in [2.45, 2.75) is 16.4 Å². The van der Waals surface area contributed by atoms with Crippen LogP contribution in [0.15, 0.2) is 77.7 Å². The number of hydrogen-bond donors (Lipinski definition) is 1. The van der Waals surface area contributed by atoms with Crippen molar-refractivity contribution in [3.8, 4) is 11.5 Å². The summed E-state index contributed by atoms with van der Waals surface area (Å²) in [6, 6.07) is 20.5. The minimum Gasteiger partial charge on any atom is -0.497 e. The summed E-state index contributed by atoms with van der Waals surface area (Å²) in [6.45, 7) is 0. The molecular formula is C21H18FNO3S. The third kappa shape index (κ3) is 3.53. The maximum atomic E-state index is 13.4. The fourth-order valence-corrected chi connectivity index (χ4v) is 4.49. The zero-order valence-corrected chi connectivity index (χ0v) is 15.4. The second-order valence-corrected chi connectivity index (χ2v) is 7.63. The molecule has 0 saturated carbocycles. The SMILES string of the molecule is COc1ccc(N[C@@H](c2ccc(F)cc2)[C@H]2Oc3ccccc3[S@@]2=O)cc1. The van der Waals surface area contributed by atoms with E-state index in [2.05, 4.69) is 5.32 Å². The van der Waals surface area contributed by atoms with Crippen molar-refractivity contribution in [3.63, 3.8) is 0 Å². The molecule has 138 valence electrons. The topological polar surface area (TPSA) is 47.6 Å². The van der Waals surface area contributed by atoms with Gasteiger partial charge < -0.3 is 14.8 Å². The molecule has 0 aromatic heterocycles. The van der Waals surface area contributed by atoms with Crippen molar-refractivity contribution in [1.29, 1.82) is 0 Å². The fraction of sp³-hybridized carbons (Fsp3) is 0.143. The Hall–Kier alpha value is -2.86. The van der Waals surface area contributed by atoms with Crippen molar-refractivity contribution >= 4 is 16.5 Å². The molecule has 0 spiro atoms. The second kappa shape index (κ2) is 7.40. The minimum absolute atomic E-state index is 0.321. The number of nitrogens with one attached hydrogen (secondary N) is 1. The van der Waals surface area contributed by atoms with Crippen LogP contribution in [0.4, 0.5) is 10.1 Å².